The second-order valence-corrected chi connectivity index (χ2v) is 6.44. The molecule has 0 spiro atoms. The van der Waals surface area contributed by atoms with Gasteiger partial charge in [-0.15, -0.1) is 0 Å². The number of carbonyl (C=O) groups excluding carboxylic acids is 2. The summed E-state index contributed by atoms with van der Waals surface area (Å²) in [5, 5.41) is 5.48. The minimum Gasteiger partial charge on any atom is -0.351 e. The Labute approximate surface area is 116 Å². The highest BCUT2D eigenvalue weighted by atomic mass is 16.2. The quantitative estimate of drug-likeness (QED) is 0.646. The molecule has 5 heteroatoms. The molecule has 0 aliphatic carbocycles. The number of carbonyl (C=O) groups is 2. The molecule has 0 aliphatic heterocycles. The maximum atomic E-state index is 11.8. The molecule has 0 saturated carbocycles. The third kappa shape index (κ3) is 8.59. The van der Waals surface area contributed by atoms with Crippen LogP contribution >= 0.6 is 0 Å². The molecule has 19 heavy (non-hydrogen) atoms. The molecule has 0 aromatic rings. The predicted molar refractivity (Wildman–Crippen MR) is 77.5 cm³/mol. The fourth-order valence-electron chi connectivity index (χ4n) is 1.72. The first-order valence-corrected chi connectivity index (χ1v) is 6.93. The zero-order chi connectivity index (χ0) is 15.1. The van der Waals surface area contributed by atoms with Crippen LogP contribution in [0, 0.1) is 11.3 Å². The highest BCUT2D eigenvalue weighted by molar-refractivity contribution is 5.85. The number of hydrogen-bond donors (Lipinski definition) is 3. The third-order valence-electron chi connectivity index (χ3n) is 3.04. The molecule has 5 nitrogen and oxygen atoms in total. The molecule has 0 aliphatic rings. The average molecular weight is 271 g/mol. The number of nitrogens with two attached hydrogens (primary N) is 1. The van der Waals surface area contributed by atoms with E-state index in [-0.39, 0.29) is 36.4 Å². The van der Waals surface area contributed by atoms with Crippen molar-refractivity contribution in [3.05, 3.63) is 0 Å². The minimum absolute atomic E-state index is 0.00241. The van der Waals surface area contributed by atoms with Crippen molar-refractivity contribution in [3.8, 4) is 0 Å². The molecular weight excluding hydrogens is 242 g/mol. The lowest BCUT2D eigenvalue weighted by Gasteiger charge is -2.32. The molecule has 1 unspecified atom stereocenters. The molecule has 112 valence electrons. The molecule has 0 saturated heterocycles. The molecule has 0 heterocycles. The second-order valence-electron chi connectivity index (χ2n) is 6.44. The standard InChI is InChI=1S/C14H29N3O2/c1-10(2)6-7-11(14(3,4)5)17-13(19)9-16-12(18)8-15/h10-11H,6-9,15H2,1-5H3,(H,16,18)(H,17,19). The Bertz CT molecular complexity index is 296. The van der Waals surface area contributed by atoms with Crippen molar-refractivity contribution in [1.29, 1.82) is 0 Å². The number of rotatable bonds is 7. The van der Waals surface area contributed by atoms with E-state index in [1.165, 1.54) is 0 Å². The summed E-state index contributed by atoms with van der Waals surface area (Å²) in [5.74, 6) is 0.133. The van der Waals surface area contributed by atoms with Gasteiger partial charge in [0.2, 0.25) is 11.8 Å². The fraction of sp³-hybridized carbons (Fsp3) is 0.857. The molecule has 0 bridgehead atoms. The van der Waals surface area contributed by atoms with E-state index >= 15 is 0 Å². The van der Waals surface area contributed by atoms with Gasteiger partial charge in [0.05, 0.1) is 13.1 Å². The smallest absolute Gasteiger partial charge is 0.239 e. The lowest BCUT2D eigenvalue weighted by molar-refractivity contribution is -0.126. The van der Waals surface area contributed by atoms with Gasteiger partial charge in [-0.3, -0.25) is 9.59 Å². The van der Waals surface area contributed by atoms with Crippen LogP contribution in [0.2, 0.25) is 0 Å². The van der Waals surface area contributed by atoms with E-state index in [1.54, 1.807) is 0 Å². The second kappa shape index (κ2) is 8.15. The van der Waals surface area contributed by atoms with Crippen molar-refractivity contribution in [3.63, 3.8) is 0 Å². The lowest BCUT2D eigenvalue weighted by atomic mass is 9.83. The van der Waals surface area contributed by atoms with Crippen LogP contribution in [0.15, 0.2) is 0 Å². The summed E-state index contributed by atoms with van der Waals surface area (Å²) in [4.78, 5) is 22.8. The van der Waals surface area contributed by atoms with Gasteiger partial charge in [-0.25, -0.2) is 0 Å². The Hall–Kier alpha value is -1.10. The third-order valence-corrected chi connectivity index (χ3v) is 3.04. The highest BCUT2D eigenvalue weighted by Gasteiger charge is 2.26. The average Bonchev–Trinajstić information content (AvgIpc) is 2.29. The summed E-state index contributed by atoms with van der Waals surface area (Å²) >= 11 is 0. The minimum atomic E-state index is -0.315. The van der Waals surface area contributed by atoms with Gasteiger partial charge in [0.15, 0.2) is 0 Å². The number of nitrogens with one attached hydrogen (secondary N) is 2. The summed E-state index contributed by atoms with van der Waals surface area (Å²) in [6, 6.07) is 0.108. The normalized spacial score (nSPS) is 13.2. The number of hydrogen-bond acceptors (Lipinski definition) is 3. The molecule has 0 rings (SSSR count). The van der Waals surface area contributed by atoms with Crippen LogP contribution in [0.4, 0.5) is 0 Å². The van der Waals surface area contributed by atoms with E-state index in [4.69, 9.17) is 5.73 Å². The van der Waals surface area contributed by atoms with Gasteiger partial charge in [-0.2, -0.15) is 0 Å². The van der Waals surface area contributed by atoms with Crippen molar-refractivity contribution in [2.75, 3.05) is 13.1 Å². The van der Waals surface area contributed by atoms with Crippen LogP contribution < -0.4 is 16.4 Å². The molecule has 0 aromatic carbocycles. The molecule has 0 radical (unpaired) electrons. The monoisotopic (exact) mass is 271 g/mol. The SMILES string of the molecule is CC(C)CCC(NC(=O)CNC(=O)CN)C(C)(C)C. The van der Waals surface area contributed by atoms with Crippen molar-refractivity contribution in [1.82, 2.24) is 10.6 Å². The molecular formula is C14H29N3O2. The topological polar surface area (TPSA) is 84.2 Å². The Kier molecular flexibility index (Phi) is 7.68. The van der Waals surface area contributed by atoms with Gasteiger partial charge < -0.3 is 16.4 Å². The van der Waals surface area contributed by atoms with Gasteiger partial charge in [-0.1, -0.05) is 34.6 Å². The van der Waals surface area contributed by atoms with Crippen LogP contribution in [0.25, 0.3) is 0 Å². The Morgan fingerprint density at radius 3 is 2.11 bits per heavy atom. The zero-order valence-electron chi connectivity index (χ0n) is 12.9. The van der Waals surface area contributed by atoms with Gasteiger partial charge in [0.1, 0.15) is 0 Å². The van der Waals surface area contributed by atoms with Crippen LogP contribution in [0.3, 0.4) is 0 Å². The maximum absolute atomic E-state index is 11.8. The van der Waals surface area contributed by atoms with E-state index in [2.05, 4.69) is 45.3 Å². The molecule has 4 N–H and O–H groups in total. The van der Waals surface area contributed by atoms with Crippen LogP contribution in [-0.4, -0.2) is 30.9 Å². The van der Waals surface area contributed by atoms with Crippen molar-refractivity contribution in [2.24, 2.45) is 17.1 Å². The van der Waals surface area contributed by atoms with Crippen LogP contribution in [0.5, 0.6) is 0 Å². The van der Waals surface area contributed by atoms with Crippen LogP contribution in [0.1, 0.15) is 47.5 Å². The van der Waals surface area contributed by atoms with Gasteiger partial charge in [0, 0.05) is 6.04 Å². The Morgan fingerprint density at radius 1 is 1.11 bits per heavy atom. The molecule has 0 aromatic heterocycles. The van der Waals surface area contributed by atoms with Crippen molar-refractivity contribution >= 4 is 11.8 Å². The summed E-state index contributed by atoms with van der Waals surface area (Å²) in [7, 11) is 0. The maximum Gasteiger partial charge on any atom is 0.239 e. The van der Waals surface area contributed by atoms with Crippen LogP contribution in [-0.2, 0) is 9.59 Å². The first-order chi connectivity index (χ1) is 8.66. The van der Waals surface area contributed by atoms with E-state index in [1.807, 2.05) is 0 Å². The zero-order valence-corrected chi connectivity index (χ0v) is 12.9. The summed E-state index contributed by atoms with van der Waals surface area (Å²) < 4.78 is 0. The molecule has 1 atom stereocenters. The van der Waals surface area contributed by atoms with E-state index in [9.17, 15) is 9.59 Å². The largest absolute Gasteiger partial charge is 0.351 e. The highest BCUT2D eigenvalue weighted by Crippen LogP contribution is 2.24. The molecule has 0 fully saturated rings. The lowest BCUT2D eigenvalue weighted by Crippen LogP contribution is -2.48. The fourth-order valence-corrected chi connectivity index (χ4v) is 1.72. The predicted octanol–water partition coefficient (Wildman–Crippen LogP) is 1.03. The van der Waals surface area contributed by atoms with Gasteiger partial charge in [0.25, 0.3) is 0 Å². The van der Waals surface area contributed by atoms with Gasteiger partial charge >= 0.3 is 0 Å². The first kappa shape index (κ1) is 17.9. The van der Waals surface area contributed by atoms with Crippen molar-refractivity contribution < 1.29 is 9.59 Å². The van der Waals surface area contributed by atoms with E-state index < -0.39 is 0 Å². The van der Waals surface area contributed by atoms with Gasteiger partial charge in [-0.05, 0) is 24.2 Å². The Balaban J connectivity index is 4.31. The number of amides is 2. The Morgan fingerprint density at radius 2 is 1.68 bits per heavy atom. The first-order valence-electron chi connectivity index (χ1n) is 6.93. The summed E-state index contributed by atoms with van der Waals surface area (Å²) in [6.07, 6.45) is 2.01. The van der Waals surface area contributed by atoms with E-state index in [0.29, 0.717) is 5.92 Å². The van der Waals surface area contributed by atoms with Crippen molar-refractivity contribution in [2.45, 2.75) is 53.5 Å². The van der Waals surface area contributed by atoms with E-state index in [0.717, 1.165) is 12.8 Å². The summed E-state index contributed by atoms with van der Waals surface area (Å²) in [6.45, 7) is 10.6. The summed E-state index contributed by atoms with van der Waals surface area (Å²) in [5.41, 5.74) is 5.17. The molecule has 2 amide bonds.